The molecule has 0 amide bonds. The van der Waals surface area contributed by atoms with Gasteiger partial charge in [-0.1, -0.05) is 226 Å². The molecule has 6 aliphatic carbocycles. The van der Waals surface area contributed by atoms with Gasteiger partial charge in [0.05, 0.1) is 79.9 Å². The van der Waals surface area contributed by atoms with Crippen molar-refractivity contribution < 1.29 is 92.0 Å². The molecule has 4 N–H and O–H groups in total. The number of nitrogens with one attached hydrogen (secondary N) is 2. The molecule has 0 radical (unpaired) electrons. The summed E-state index contributed by atoms with van der Waals surface area (Å²) < 4.78 is 85.4. The summed E-state index contributed by atoms with van der Waals surface area (Å²) in [5.41, 5.74) is 20.2. The number of rotatable bonds is 21. The quantitative estimate of drug-likeness (QED) is 0.0227. The Morgan fingerprint density at radius 1 is 0.417 bits per heavy atom. The fourth-order valence-electron chi connectivity index (χ4n) is 18.3. The van der Waals surface area contributed by atoms with Crippen molar-refractivity contribution in [2.75, 3.05) is 90.4 Å². The summed E-state index contributed by atoms with van der Waals surface area (Å²) in [4.78, 5) is 23.8. The van der Waals surface area contributed by atoms with Gasteiger partial charge in [-0.3, -0.25) is 14.1 Å². The summed E-state index contributed by atoms with van der Waals surface area (Å²) in [6, 6.07) is 75.2. The predicted molar refractivity (Wildman–Crippen MR) is 598 cm³/mol. The number of carbonyl (C=O) groups is 2. The van der Waals surface area contributed by atoms with E-state index >= 15 is 0 Å². The maximum absolute atomic E-state index is 12.4. The Kier molecular flexibility index (Phi) is 49.9. The molecule has 33 heteroatoms. The van der Waals surface area contributed by atoms with Crippen LogP contribution in [0, 0.1) is 6.07 Å². The molecule has 0 spiro atoms. The number of methoxy groups -OCH3 is 10. The largest absolute Gasteiger partial charge is 2.00 e. The molecule has 12 aromatic carbocycles. The van der Waals surface area contributed by atoms with Crippen molar-refractivity contribution in [2.24, 2.45) is 0 Å². The van der Waals surface area contributed by atoms with Crippen LogP contribution >= 0.6 is 165 Å². The van der Waals surface area contributed by atoms with Crippen LogP contribution in [0.1, 0.15) is 168 Å². The smallest absolute Gasteiger partial charge is 1.00 e. The van der Waals surface area contributed by atoms with Crippen LogP contribution in [0.2, 0.25) is 30.1 Å². The van der Waals surface area contributed by atoms with Gasteiger partial charge in [-0.2, -0.15) is 20.6 Å². The third-order valence-corrected chi connectivity index (χ3v) is 30.0. The van der Waals surface area contributed by atoms with Gasteiger partial charge in [0.25, 0.3) is 10.1 Å². The van der Waals surface area contributed by atoms with Crippen molar-refractivity contribution in [2.45, 2.75) is 138 Å². The Morgan fingerprint density at radius 2 is 0.806 bits per heavy atom. The molecular formula is C111H113Br7Cl6MgN2O16S. The molecule has 6 atom stereocenters. The Hall–Kier alpha value is -5.98. The second kappa shape index (κ2) is 59.1. The summed E-state index contributed by atoms with van der Waals surface area (Å²) in [5, 5.41) is 22.2. The number of carbonyl (C=O) groups excluding carboxylic acids is 2. The molecular weight excluding hydrogens is 2450 g/mol. The zero-order valence-electron chi connectivity index (χ0n) is 81.4. The molecule has 0 saturated carbocycles. The van der Waals surface area contributed by atoms with Crippen molar-refractivity contribution in [1.82, 2.24) is 10.6 Å². The standard InChI is InChI=1S/2C21H25BrClNO3.C17H14BrClO2.C17H16BrClO2.C17H14BrClO.C10H9BrO.C7H6ClO.CH4O3S.BrH.Mg/c2*1-25-19-11-14(4-8-17(19)23)21-16-7-6-15(22)10-13(16)5-9-18(21)24-12-20(26-2)27-3;1-21-16-9-11(2-6-14(16)19)17-13-5-4-12(18)8-10(13)3-7-15(17)20;1-21-16-10-12(4-7-15(16)19)17(20)8-2-3-11-9-13(18)5-6-14(11)17;1-20-17-10-12(5-8-16(17)19)14-4-2-3-11-9-13(18)6-7-15(11)14;11-8-4-5-9-7(6-8)2-1-3-10(9)12;1-9-7-5-3-2-4-6(7)8;1-5(2,3)4;;/h2*4,6-8,10-11,18,20-21,24H,5,9,12H2,1-3H3;2,4-6,8-9,17H,3,7H2,1H3;4-7,9-10,20H,2-3,8H2,1H3;4-10H,2-3H2,1H3;4-6H,1-3H2;2,4-5H,1H3;1H3,(H,2,3,4);1H;/q;;;;;;-1;;;+2/p-1/t18-,21+;18-,21-;;;;;;;;/m00......../s1. The number of benzene rings is 12. The van der Waals surface area contributed by atoms with Gasteiger partial charge in [-0.05, 0) is 310 Å². The molecule has 144 heavy (non-hydrogen) atoms. The van der Waals surface area contributed by atoms with Crippen LogP contribution in [0.3, 0.4) is 0 Å². The number of fused-ring (bicyclic) bond motifs is 6. The molecule has 0 heterocycles. The fourth-order valence-corrected chi connectivity index (χ4v) is 21.9. The zero-order chi connectivity index (χ0) is 103. The van der Waals surface area contributed by atoms with Crippen LogP contribution in [0.5, 0.6) is 34.5 Å². The van der Waals surface area contributed by atoms with Crippen molar-refractivity contribution in [3.63, 3.8) is 0 Å². The second-order valence-electron chi connectivity index (χ2n) is 34.0. The molecule has 0 saturated heterocycles. The number of hydrogen-bond acceptors (Lipinski definition) is 17. The molecule has 0 aromatic heterocycles. The minimum absolute atomic E-state index is 0. The minimum Gasteiger partial charge on any atom is -1.00 e. The first-order valence-electron chi connectivity index (χ1n) is 45.7. The number of halogens is 13. The van der Waals surface area contributed by atoms with E-state index in [0.29, 0.717) is 109 Å². The Bertz CT molecular complexity index is 6370. The minimum atomic E-state index is -3.67. The summed E-state index contributed by atoms with van der Waals surface area (Å²) in [6.45, 7) is 1.26. The number of aliphatic hydroxyl groups is 1. The van der Waals surface area contributed by atoms with Crippen LogP contribution in [0.25, 0.3) is 5.57 Å². The second-order valence-corrected chi connectivity index (χ2v) is 43.4. The van der Waals surface area contributed by atoms with Crippen LogP contribution in [-0.4, -0.2) is 168 Å². The molecule has 18 rings (SSSR count). The van der Waals surface area contributed by atoms with Crippen molar-refractivity contribution in [1.29, 1.82) is 0 Å². The fraction of sp³-hybridized carbons (Fsp3) is 0.315. The first-order chi connectivity index (χ1) is 68.1. The first kappa shape index (κ1) is 122. The average molecular weight is 2560 g/mol. The topological polar surface area (TPSA) is 225 Å². The number of aryl methyl sites for hydroxylation is 6. The van der Waals surface area contributed by atoms with E-state index < -0.39 is 15.7 Å². The predicted octanol–water partition coefficient (Wildman–Crippen LogP) is 25.7. The van der Waals surface area contributed by atoms with E-state index in [-0.39, 0.29) is 88.2 Å². The van der Waals surface area contributed by atoms with Gasteiger partial charge < -0.3 is 80.1 Å². The maximum Gasteiger partial charge on any atom is 2.00 e. The van der Waals surface area contributed by atoms with Crippen molar-refractivity contribution >= 4 is 215 Å². The number of ketones is 2. The summed E-state index contributed by atoms with van der Waals surface area (Å²) in [5.74, 6) is 4.68. The molecule has 0 aliphatic heterocycles. The van der Waals surface area contributed by atoms with Gasteiger partial charge in [-0.25, -0.2) is 0 Å². The van der Waals surface area contributed by atoms with E-state index in [4.69, 9.17) is 122 Å². The van der Waals surface area contributed by atoms with Crippen LogP contribution in [-0.2, 0) is 78.0 Å². The Balaban J connectivity index is 0.000000189. The summed E-state index contributed by atoms with van der Waals surface area (Å²) >= 11 is 57.6. The maximum atomic E-state index is 12.4. The van der Waals surface area contributed by atoms with Gasteiger partial charge in [0.2, 0.25) is 0 Å². The van der Waals surface area contributed by atoms with E-state index in [9.17, 15) is 23.1 Å². The third kappa shape index (κ3) is 33.5. The van der Waals surface area contributed by atoms with Gasteiger partial charge in [0.15, 0.2) is 18.4 Å². The summed E-state index contributed by atoms with van der Waals surface area (Å²) in [7, 11) is 12.6. The van der Waals surface area contributed by atoms with Gasteiger partial charge in [0.1, 0.15) is 40.1 Å². The number of hydrogen-bond donors (Lipinski definition) is 4. The van der Waals surface area contributed by atoms with Crippen molar-refractivity contribution in [3.8, 4) is 34.5 Å². The normalized spacial score (nSPS) is 17.0. The Labute approximate surface area is 952 Å². The van der Waals surface area contributed by atoms with Crippen LogP contribution < -0.4 is 56.0 Å². The monoisotopic (exact) mass is 2550 g/mol. The SMILES string of the molecule is COc1c[c-]ccc1Cl.COc1cc(C2(O)CCCc3cc(Br)ccc32)ccc1Cl.COc1cc(C2=CCCc3cc(Br)ccc32)ccc1Cl.COc1cc(C2C(=O)CCc3cc(Br)ccc32)ccc1Cl.COc1cc([C@@H]2c3ccc(Br)cc3CC[C@@H]2NCC(OC)OC)ccc1Cl.COc1cc([C@H]2c3ccc(Br)cc3CC[C@@H]2NCC(OC)OC)ccc1Cl.CS(=O)(=O)O.O=C1CCCc2cc(Br)ccc21.[Br-].[Mg+2]. The van der Waals surface area contributed by atoms with Gasteiger partial charge in [0, 0.05) is 116 Å². The Morgan fingerprint density at radius 3 is 1.28 bits per heavy atom. The third-order valence-electron chi connectivity index (χ3n) is 25.2. The number of Topliss-reactive ketones (excluding diaryl/α,β-unsaturated/α-hetero) is 2. The van der Waals surface area contributed by atoms with E-state index in [0.717, 1.165) is 131 Å². The molecule has 762 valence electrons. The molecule has 2 unspecified atom stereocenters. The van der Waals surface area contributed by atoms with E-state index in [2.05, 4.69) is 197 Å². The van der Waals surface area contributed by atoms with Gasteiger partial charge >= 0.3 is 23.1 Å². The van der Waals surface area contributed by atoms with E-state index in [1.54, 1.807) is 101 Å². The molecule has 0 bridgehead atoms. The van der Waals surface area contributed by atoms with Crippen LogP contribution in [0.15, 0.2) is 251 Å². The zero-order valence-corrected chi connectivity index (χ0v) is 99.2. The first-order valence-corrected chi connectivity index (χ1v) is 54.5. The molecule has 18 nitrogen and oxygen atoms in total. The van der Waals surface area contributed by atoms with Crippen molar-refractivity contribution in [3.05, 3.63) is 382 Å². The van der Waals surface area contributed by atoms with E-state index in [1.165, 1.54) is 66.8 Å². The number of ether oxygens (including phenoxy) is 10. The van der Waals surface area contributed by atoms with Gasteiger partial charge in [-0.15, -0.1) is 23.7 Å². The number of allylic oxidation sites excluding steroid dienone is 1. The molecule has 0 fully saturated rings. The molecule has 12 aromatic rings. The molecule has 6 aliphatic rings. The summed E-state index contributed by atoms with van der Waals surface area (Å²) in [6.07, 6.45) is 15.5. The van der Waals surface area contributed by atoms with E-state index in [1.807, 2.05) is 109 Å². The van der Waals surface area contributed by atoms with Crippen LogP contribution in [0.4, 0.5) is 0 Å². The average Bonchev–Trinajstić information content (AvgIpc) is 0.765.